The van der Waals surface area contributed by atoms with E-state index in [2.05, 4.69) is 11.9 Å². The topological polar surface area (TPSA) is 60.9 Å². The van der Waals surface area contributed by atoms with Gasteiger partial charge in [0.25, 0.3) is 0 Å². The van der Waals surface area contributed by atoms with E-state index in [1.807, 2.05) is 0 Å². The highest BCUT2D eigenvalue weighted by Crippen LogP contribution is 2.23. The molecule has 0 aromatic rings. The molecule has 1 unspecified atom stereocenters. The lowest BCUT2D eigenvalue weighted by molar-refractivity contribution is -0.147. The van der Waals surface area contributed by atoms with Crippen LogP contribution in [0.15, 0.2) is 0 Å². The molecule has 18 heavy (non-hydrogen) atoms. The summed E-state index contributed by atoms with van der Waals surface area (Å²) in [6, 6.07) is 0. The second-order valence-corrected chi connectivity index (χ2v) is 5.54. The summed E-state index contributed by atoms with van der Waals surface area (Å²) in [5.74, 6) is -0.854. The summed E-state index contributed by atoms with van der Waals surface area (Å²) in [4.78, 5) is 27.4. The number of hydrogen-bond acceptors (Lipinski definition) is 3. The van der Waals surface area contributed by atoms with E-state index in [9.17, 15) is 9.59 Å². The average molecular weight is 254 g/mol. The van der Waals surface area contributed by atoms with Gasteiger partial charge in [0.1, 0.15) is 0 Å². The van der Waals surface area contributed by atoms with Gasteiger partial charge >= 0.3 is 5.97 Å². The van der Waals surface area contributed by atoms with Gasteiger partial charge in [-0.25, -0.2) is 0 Å². The van der Waals surface area contributed by atoms with E-state index in [0.717, 1.165) is 38.9 Å². The fraction of sp³-hybridized carbons (Fsp3) is 0.846. The Labute approximate surface area is 108 Å². The predicted octanol–water partition coefficient (Wildman–Crippen LogP) is 0.651. The molecular formula is C13H22N2O3. The Hall–Kier alpha value is -1.10. The fourth-order valence-electron chi connectivity index (χ4n) is 2.89. The average Bonchev–Trinajstić information content (AvgIpc) is 2.39. The first-order valence-corrected chi connectivity index (χ1v) is 6.78. The second-order valence-electron chi connectivity index (χ2n) is 5.54. The van der Waals surface area contributed by atoms with Crippen LogP contribution in [-0.4, -0.2) is 60.0 Å². The number of hydrogen-bond donors (Lipinski definition) is 1. The number of amides is 1. The summed E-state index contributed by atoms with van der Waals surface area (Å²) >= 11 is 0. The van der Waals surface area contributed by atoms with Crippen LogP contribution in [0.25, 0.3) is 0 Å². The molecule has 1 N–H and O–H groups in total. The molecule has 0 radical (unpaired) electrons. The van der Waals surface area contributed by atoms with Crippen molar-refractivity contribution >= 4 is 11.9 Å². The number of nitrogens with zero attached hydrogens (tertiary/aromatic N) is 2. The molecular weight excluding hydrogens is 232 g/mol. The van der Waals surface area contributed by atoms with E-state index in [1.165, 1.54) is 0 Å². The van der Waals surface area contributed by atoms with Crippen LogP contribution in [-0.2, 0) is 9.59 Å². The third kappa shape index (κ3) is 3.02. The Balaban J connectivity index is 1.90. The zero-order valence-corrected chi connectivity index (χ0v) is 11.0. The normalized spacial score (nSPS) is 27.2. The quantitative estimate of drug-likeness (QED) is 0.786. The van der Waals surface area contributed by atoms with E-state index in [-0.39, 0.29) is 17.7 Å². The number of carboxylic acid groups (broad SMARTS) is 1. The lowest BCUT2D eigenvalue weighted by atomic mass is 9.92. The molecule has 2 fully saturated rings. The van der Waals surface area contributed by atoms with Crippen molar-refractivity contribution in [2.75, 3.05) is 33.2 Å². The van der Waals surface area contributed by atoms with E-state index in [1.54, 1.807) is 4.90 Å². The molecule has 5 nitrogen and oxygen atoms in total. The predicted molar refractivity (Wildman–Crippen MR) is 67.2 cm³/mol. The van der Waals surface area contributed by atoms with Crippen LogP contribution in [0.4, 0.5) is 0 Å². The van der Waals surface area contributed by atoms with Crippen LogP contribution in [0.1, 0.15) is 25.7 Å². The molecule has 2 heterocycles. The van der Waals surface area contributed by atoms with Crippen LogP contribution < -0.4 is 0 Å². The number of carboxylic acids is 1. The molecule has 0 saturated carbocycles. The van der Waals surface area contributed by atoms with Crippen molar-refractivity contribution in [3.8, 4) is 0 Å². The number of carbonyl (C=O) groups excluding carboxylic acids is 1. The molecule has 2 rings (SSSR count). The number of aliphatic carboxylic acids is 1. The number of likely N-dealkylation sites (tertiary alicyclic amines) is 2. The molecule has 1 atom stereocenters. The summed E-state index contributed by atoms with van der Waals surface area (Å²) in [6.45, 7) is 3.06. The van der Waals surface area contributed by atoms with Gasteiger partial charge in [0.05, 0.1) is 5.92 Å². The van der Waals surface area contributed by atoms with E-state index in [0.29, 0.717) is 13.0 Å². The third-order valence-electron chi connectivity index (χ3n) is 4.15. The first-order chi connectivity index (χ1) is 8.58. The number of carbonyl (C=O) groups is 2. The molecule has 0 spiro atoms. The van der Waals surface area contributed by atoms with Crippen LogP contribution >= 0.6 is 0 Å². The first-order valence-electron chi connectivity index (χ1n) is 6.78. The van der Waals surface area contributed by atoms with E-state index >= 15 is 0 Å². The minimum atomic E-state index is -0.768. The Kier molecular flexibility index (Phi) is 4.22. The van der Waals surface area contributed by atoms with E-state index in [4.69, 9.17) is 5.11 Å². The van der Waals surface area contributed by atoms with Crippen molar-refractivity contribution in [3.63, 3.8) is 0 Å². The van der Waals surface area contributed by atoms with Crippen LogP contribution in [0, 0.1) is 11.8 Å². The summed E-state index contributed by atoms with van der Waals surface area (Å²) in [6.07, 6.45) is 3.33. The molecule has 2 saturated heterocycles. The summed E-state index contributed by atoms with van der Waals surface area (Å²) in [5, 5.41) is 9.04. The molecule has 0 aromatic carbocycles. The Bertz CT molecular complexity index is 324. The van der Waals surface area contributed by atoms with Gasteiger partial charge in [0, 0.05) is 19.0 Å². The fourth-order valence-corrected chi connectivity index (χ4v) is 2.89. The largest absolute Gasteiger partial charge is 0.481 e. The number of rotatable bonds is 2. The van der Waals surface area contributed by atoms with Gasteiger partial charge in [-0.15, -0.1) is 0 Å². The zero-order valence-electron chi connectivity index (χ0n) is 11.0. The second kappa shape index (κ2) is 5.69. The SMILES string of the molecule is CN1CCC(C(=O)N2CCCC(C(=O)O)C2)CC1. The molecule has 0 aliphatic carbocycles. The molecule has 5 heteroatoms. The van der Waals surface area contributed by atoms with Crippen molar-refractivity contribution in [1.29, 1.82) is 0 Å². The van der Waals surface area contributed by atoms with Crippen molar-refractivity contribution in [2.24, 2.45) is 11.8 Å². The van der Waals surface area contributed by atoms with Crippen molar-refractivity contribution < 1.29 is 14.7 Å². The molecule has 0 bridgehead atoms. The summed E-state index contributed by atoms with van der Waals surface area (Å²) in [7, 11) is 2.07. The van der Waals surface area contributed by atoms with Gasteiger partial charge < -0.3 is 14.9 Å². The summed E-state index contributed by atoms with van der Waals surface area (Å²) in [5.41, 5.74) is 0. The molecule has 102 valence electrons. The highest BCUT2D eigenvalue weighted by atomic mass is 16.4. The lowest BCUT2D eigenvalue weighted by Gasteiger charge is -2.36. The number of piperidine rings is 2. The molecule has 2 aliphatic rings. The van der Waals surface area contributed by atoms with Crippen molar-refractivity contribution in [1.82, 2.24) is 9.80 Å². The van der Waals surface area contributed by atoms with Crippen LogP contribution in [0.3, 0.4) is 0 Å². The van der Waals surface area contributed by atoms with Crippen molar-refractivity contribution in [3.05, 3.63) is 0 Å². The zero-order chi connectivity index (χ0) is 13.1. The Morgan fingerprint density at radius 1 is 1.06 bits per heavy atom. The van der Waals surface area contributed by atoms with Crippen molar-refractivity contribution in [2.45, 2.75) is 25.7 Å². The highest BCUT2D eigenvalue weighted by molar-refractivity contribution is 5.80. The summed E-state index contributed by atoms with van der Waals surface area (Å²) < 4.78 is 0. The van der Waals surface area contributed by atoms with Crippen LogP contribution in [0.5, 0.6) is 0 Å². The minimum absolute atomic E-state index is 0.105. The highest BCUT2D eigenvalue weighted by Gasteiger charge is 2.32. The molecule has 1 amide bonds. The monoisotopic (exact) mass is 254 g/mol. The van der Waals surface area contributed by atoms with Gasteiger partial charge in [0.2, 0.25) is 5.91 Å². The van der Waals surface area contributed by atoms with Gasteiger partial charge in [-0.1, -0.05) is 0 Å². The van der Waals surface area contributed by atoms with Gasteiger partial charge in [-0.2, -0.15) is 0 Å². The lowest BCUT2D eigenvalue weighted by Crippen LogP contribution is -2.47. The van der Waals surface area contributed by atoms with Gasteiger partial charge in [0.15, 0.2) is 0 Å². The smallest absolute Gasteiger partial charge is 0.308 e. The maximum atomic E-state index is 12.3. The third-order valence-corrected chi connectivity index (χ3v) is 4.15. The molecule has 2 aliphatic heterocycles. The minimum Gasteiger partial charge on any atom is -0.481 e. The first kappa shape index (κ1) is 13.3. The van der Waals surface area contributed by atoms with E-state index < -0.39 is 5.97 Å². The Morgan fingerprint density at radius 3 is 2.33 bits per heavy atom. The van der Waals surface area contributed by atoms with Crippen LogP contribution in [0.2, 0.25) is 0 Å². The Morgan fingerprint density at radius 2 is 1.72 bits per heavy atom. The maximum Gasteiger partial charge on any atom is 0.308 e. The van der Waals surface area contributed by atoms with Gasteiger partial charge in [-0.05, 0) is 45.8 Å². The maximum absolute atomic E-state index is 12.3. The standard InChI is InChI=1S/C13H22N2O3/c1-14-7-4-10(5-8-14)12(16)15-6-2-3-11(9-15)13(17)18/h10-11H,2-9H2,1H3,(H,17,18). The van der Waals surface area contributed by atoms with Gasteiger partial charge in [-0.3, -0.25) is 9.59 Å². The molecule has 0 aromatic heterocycles.